The van der Waals surface area contributed by atoms with Gasteiger partial charge in [0, 0.05) is 32.8 Å². The number of nitrogens with one attached hydrogen (secondary N) is 1. The first-order valence-electron chi connectivity index (χ1n) is 8.52. The summed E-state index contributed by atoms with van der Waals surface area (Å²) in [6.07, 6.45) is 0.602. The molecule has 23 heavy (non-hydrogen) atoms. The molecular formula is C17H34N2O4. The van der Waals surface area contributed by atoms with Crippen LogP contribution in [0.1, 0.15) is 41.0 Å². The predicted octanol–water partition coefficient (Wildman–Crippen LogP) is 2.27. The number of methoxy groups -OCH3 is 1. The van der Waals surface area contributed by atoms with Gasteiger partial charge in [0.1, 0.15) is 5.60 Å². The molecule has 3 unspecified atom stereocenters. The number of nitrogens with zero attached hydrogens (tertiary/aromatic N) is 1. The SMILES string of the molecule is COCC(C)CNC(C)CC1COCCN1C(=O)OC(C)(C)C. The summed E-state index contributed by atoms with van der Waals surface area (Å²) in [5.74, 6) is 0.465. The molecule has 3 atom stereocenters. The third-order valence-corrected chi connectivity index (χ3v) is 3.75. The Bertz CT molecular complexity index is 357. The molecule has 1 fully saturated rings. The minimum Gasteiger partial charge on any atom is -0.444 e. The maximum atomic E-state index is 12.4. The van der Waals surface area contributed by atoms with Gasteiger partial charge in [0.2, 0.25) is 0 Å². The standard InChI is InChI=1S/C17H34N2O4/c1-13(11-21-6)10-18-14(2)9-15-12-22-8-7-19(15)16(20)23-17(3,4)5/h13-15,18H,7-12H2,1-6H3. The van der Waals surface area contributed by atoms with Gasteiger partial charge in [0.15, 0.2) is 0 Å². The number of carbonyl (C=O) groups excluding carboxylic acids is 1. The lowest BCUT2D eigenvalue weighted by molar-refractivity contribution is -0.0356. The molecule has 0 spiro atoms. The van der Waals surface area contributed by atoms with Crippen molar-refractivity contribution in [1.82, 2.24) is 10.2 Å². The van der Waals surface area contributed by atoms with Gasteiger partial charge in [-0.05, 0) is 40.0 Å². The summed E-state index contributed by atoms with van der Waals surface area (Å²) < 4.78 is 16.2. The molecule has 6 nitrogen and oxygen atoms in total. The summed E-state index contributed by atoms with van der Waals surface area (Å²) >= 11 is 0. The third-order valence-electron chi connectivity index (χ3n) is 3.75. The van der Waals surface area contributed by atoms with Crippen LogP contribution >= 0.6 is 0 Å². The third kappa shape index (κ3) is 7.99. The number of rotatable bonds is 7. The quantitative estimate of drug-likeness (QED) is 0.776. The van der Waals surface area contributed by atoms with Crippen LogP contribution in [-0.4, -0.2) is 68.7 Å². The molecule has 0 bridgehead atoms. The molecule has 0 aliphatic carbocycles. The Morgan fingerprint density at radius 1 is 1.39 bits per heavy atom. The van der Waals surface area contributed by atoms with Crippen molar-refractivity contribution < 1.29 is 19.0 Å². The number of amides is 1. The second kappa shape index (κ2) is 9.45. The Labute approximate surface area is 140 Å². The number of ether oxygens (including phenoxy) is 3. The van der Waals surface area contributed by atoms with Crippen molar-refractivity contribution in [2.24, 2.45) is 5.92 Å². The fraction of sp³-hybridized carbons (Fsp3) is 0.941. The molecular weight excluding hydrogens is 296 g/mol. The van der Waals surface area contributed by atoms with Crippen LogP contribution in [0.15, 0.2) is 0 Å². The zero-order valence-corrected chi connectivity index (χ0v) is 15.6. The summed E-state index contributed by atoms with van der Waals surface area (Å²) in [6, 6.07) is 0.352. The monoisotopic (exact) mass is 330 g/mol. The van der Waals surface area contributed by atoms with Crippen LogP contribution in [-0.2, 0) is 14.2 Å². The fourth-order valence-electron chi connectivity index (χ4n) is 2.65. The van der Waals surface area contributed by atoms with Gasteiger partial charge >= 0.3 is 6.09 Å². The van der Waals surface area contributed by atoms with E-state index in [1.165, 1.54) is 0 Å². The highest BCUT2D eigenvalue weighted by atomic mass is 16.6. The molecule has 0 radical (unpaired) electrons. The highest BCUT2D eigenvalue weighted by Crippen LogP contribution is 2.17. The van der Waals surface area contributed by atoms with Crippen LogP contribution in [0.4, 0.5) is 4.79 Å². The highest BCUT2D eigenvalue weighted by Gasteiger charge is 2.31. The van der Waals surface area contributed by atoms with Crippen LogP contribution in [0.25, 0.3) is 0 Å². The summed E-state index contributed by atoms with van der Waals surface area (Å²) in [5.41, 5.74) is -0.473. The Hall–Kier alpha value is -0.850. The van der Waals surface area contributed by atoms with Gasteiger partial charge in [0.25, 0.3) is 0 Å². The molecule has 0 aromatic heterocycles. The van der Waals surface area contributed by atoms with Crippen LogP contribution in [0.3, 0.4) is 0 Å². The number of hydrogen-bond acceptors (Lipinski definition) is 5. The van der Waals surface area contributed by atoms with E-state index in [2.05, 4.69) is 19.2 Å². The van der Waals surface area contributed by atoms with Gasteiger partial charge in [-0.25, -0.2) is 4.79 Å². The van der Waals surface area contributed by atoms with Gasteiger partial charge in [-0.15, -0.1) is 0 Å². The Balaban J connectivity index is 2.49. The molecule has 1 N–H and O–H groups in total. The minimum atomic E-state index is -0.473. The second-order valence-corrected chi connectivity index (χ2v) is 7.51. The summed E-state index contributed by atoms with van der Waals surface area (Å²) in [4.78, 5) is 14.2. The summed E-state index contributed by atoms with van der Waals surface area (Å²) in [5, 5.41) is 3.51. The molecule has 1 aliphatic rings. The van der Waals surface area contributed by atoms with Crippen molar-refractivity contribution in [2.75, 3.05) is 40.0 Å². The molecule has 1 heterocycles. The average molecular weight is 330 g/mol. The molecule has 0 saturated carbocycles. The topological polar surface area (TPSA) is 60.0 Å². The van der Waals surface area contributed by atoms with Gasteiger partial charge in [-0.3, -0.25) is 0 Å². The molecule has 0 aromatic rings. The number of carbonyl (C=O) groups is 1. The van der Waals surface area contributed by atoms with Crippen LogP contribution < -0.4 is 5.32 Å². The largest absolute Gasteiger partial charge is 0.444 e. The molecule has 0 aromatic carbocycles. The van der Waals surface area contributed by atoms with Gasteiger partial charge in [-0.1, -0.05) is 6.92 Å². The van der Waals surface area contributed by atoms with E-state index in [0.29, 0.717) is 31.7 Å². The first kappa shape index (κ1) is 20.2. The smallest absolute Gasteiger partial charge is 0.410 e. The average Bonchev–Trinajstić information content (AvgIpc) is 2.44. The normalized spacial score (nSPS) is 21.8. The van der Waals surface area contributed by atoms with Crippen molar-refractivity contribution in [3.05, 3.63) is 0 Å². The van der Waals surface area contributed by atoms with Gasteiger partial charge in [0.05, 0.1) is 19.3 Å². The van der Waals surface area contributed by atoms with E-state index in [9.17, 15) is 4.79 Å². The minimum absolute atomic E-state index is 0.0545. The Morgan fingerprint density at radius 3 is 2.70 bits per heavy atom. The molecule has 136 valence electrons. The second-order valence-electron chi connectivity index (χ2n) is 7.51. The van der Waals surface area contributed by atoms with Gasteiger partial charge < -0.3 is 24.4 Å². The Kier molecular flexibility index (Phi) is 8.29. The molecule has 1 aliphatic heterocycles. The lowest BCUT2D eigenvalue weighted by Crippen LogP contribution is -2.52. The maximum Gasteiger partial charge on any atom is 0.410 e. The Morgan fingerprint density at radius 2 is 2.09 bits per heavy atom. The summed E-state index contributed by atoms with van der Waals surface area (Å²) in [6.45, 7) is 13.3. The molecule has 1 amide bonds. The van der Waals surface area contributed by atoms with E-state index in [0.717, 1.165) is 19.6 Å². The van der Waals surface area contributed by atoms with Crippen LogP contribution in [0.5, 0.6) is 0 Å². The lowest BCUT2D eigenvalue weighted by Gasteiger charge is -2.37. The highest BCUT2D eigenvalue weighted by molar-refractivity contribution is 5.68. The molecule has 1 saturated heterocycles. The predicted molar refractivity (Wildman–Crippen MR) is 90.7 cm³/mol. The zero-order chi connectivity index (χ0) is 17.5. The van der Waals surface area contributed by atoms with Crippen molar-refractivity contribution in [2.45, 2.75) is 58.7 Å². The van der Waals surface area contributed by atoms with Gasteiger partial charge in [-0.2, -0.15) is 0 Å². The zero-order valence-electron chi connectivity index (χ0n) is 15.6. The first-order valence-corrected chi connectivity index (χ1v) is 8.52. The van der Waals surface area contributed by atoms with Crippen molar-refractivity contribution >= 4 is 6.09 Å². The number of hydrogen-bond donors (Lipinski definition) is 1. The maximum absolute atomic E-state index is 12.4. The van der Waals surface area contributed by atoms with Crippen molar-refractivity contribution in [3.8, 4) is 0 Å². The van der Waals surface area contributed by atoms with Crippen molar-refractivity contribution in [1.29, 1.82) is 0 Å². The van der Waals surface area contributed by atoms with Crippen LogP contribution in [0.2, 0.25) is 0 Å². The fourth-order valence-corrected chi connectivity index (χ4v) is 2.65. The van der Waals surface area contributed by atoms with Crippen LogP contribution in [0, 0.1) is 5.92 Å². The van der Waals surface area contributed by atoms with E-state index >= 15 is 0 Å². The first-order chi connectivity index (χ1) is 10.7. The lowest BCUT2D eigenvalue weighted by atomic mass is 10.1. The van der Waals surface area contributed by atoms with E-state index in [-0.39, 0.29) is 12.1 Å². The molecule has 1 rings (SSSR count). The summed E-state index contributed by atoms with van der Waals surface area (Å²) in [7, 11) is 1.72. The van der Waals surface area contributed by atoms with E-state index in [4.69, 9.17) is 14.2 Å². The van der Waals surface area contributed by atoms with E-state index in [1.54, 1.807) is 7.11 Å². The van der Waals surface area contributed by atoms with E-state index in [1.807, 2.05) is 25.7 Å². The van der Waals surface area contributed by atoms with Crippen molar-refractivity contribution in [3.63, 3.8) is 0 Å². The number of morpholine rings is 1. The van der Waals surface area contributed by atoms with E-state index < -0.39 is 5.60 Å². The molecule has 6 heteroatoms.